The molecule has 0 fully saturated rings. The van der Waals surface area contributed by atoms with Crippen LogP contribution in [0.3, 0.4) is 0 Å². The van der Waals surface area contributed by atoms with E-state index in [-0.39, 0.29) is 12.3 Å². The third-order valence-corrected chi connectivity index (χ3v) is 1.84. The number of hydrogen-bond acceptors (Lipinski definition) is 3. The second-order valence-corrected chi connectivity index (χ2v) is 3.90. The van der Waals surface area contributed by atoms with Crippen LogP contribution in [0.4, 0.5) is 0 Å². The molecular weight excluding hydrogens is 170 g/mol. The Bertz CT molecular complexity index is 147. The van der Waals surface area contributed by atoms with Crippen molar-refractivity contribution < 1.29 is 15.0 Å². The van der Waals surface area contributed by atoms with E-state index in [9.17, 15) is 4.79 Å². The van der Waals surface area contributed by atoms with Crippen LogP contribution in [0.15, 0.2) is 0 Å². The summed E-state index contributed by atoms with van der Waals surface area (Å²) in [6, 6.07) is 0. The molecule has 4 N–H and O–H groups in total. The van der Waals surface area contributed by atoms with Crippen LogP contribution in [-0.2, 0) is 4.79 Å². The van der Waals surface area contributed by atoms with Crippen LogP contribution in [0.1, 0.15) is 33.1 Å². The number of carboxylic acid groups (broad SMARTS) is 1. The SMILES string of the molecule is CC(C)CC(CC(=O)O)CC(N)O. The summed E-state index contributed by atoms with van der Waals surface area (Å²) < 4.78 is 0. The highest BCUT2D eigenvalue weighted by Gasteiger charge is 2.16. The van der Waals surface area contributed by atoms with Crippen LogP contribution in [0, 0.1) is 11.8 Å². The van der Waals surface area contributed by atoms with Crippen LogP contribution < -0.4 is 5.73 Å². The van der Waals surface area contributed by atoms with E-state index in [4.69, 9.17) is 15.9 Å². The summed E-state index contributed by atoms with van der Waals surface area (Å²) in [5, 5.41) is 17.5. The summed E-state index contributed by atoms with van der Waals surface area (Å²) in [6.07, 6.45) is 0.348. The topological polar surface area (TPSA) is 83.5 Å². The summed E-state index contributed by atoms with van der Waals surface area (Å²) >= 11 is 0. The van der Waals surface area contributed by atoms with E-state index in [1.54, 1.807) is 0 Å². The maximum absolute atomic E-state index is 10.5. The molecule has 13 heavy (non-hydrogen) atoms. The first-order valence-corrected chi connectivity index (χ1v) is 4.57. The molecule has 0 amide bonds. The maximum Gasteiger partial charge on any atom is 0.303 e. The normalized spacial score (nSPS) is 15.8. The minimum Gasteiger partial charge on any atom is -0.481 e. The predicted molar refractivity (Wildman–Crippen MR) is 50.0 cm³/mol. The number of hydrogen-bond donors (Lipinski definition) is 3. The Morgan fingerprint density at radius 3 is 2.23 bits per heavy atom. The number of aliphatic carboxylic acids is 1. The molecule has 2 unspecified atom stereocenters. The molecule has 2 atom stereocenters. The number of aliphatic hydroxyl groups excluding tert-OH is 1. The second kappa shape index (κ2) is 5.94. The smallest absolute Gasteiger partial charge is 0.303 e. The van der Waals surface area contributed by atoms with Gasteiger partial charge in [0.2, 0.25) is 0 Å². The first-order valence-electron chi connectivity index (χ1n) is 4.57. The minimum atomic E-state index is -0.900. The number of carboxylic acids is 1. The van der Waals surface area contributed by atoms with Crippen LogP contribution in [-0.4, -0.2) is 22.4 Å². The van der Waals surface area contributed by atoms with Crippen molar-refractivity contribution in [3.63, 3.8) is 0 Å². The summed E-state index contributed by atoms with van der Waals surface area (Å²) in [6.45, 7) is 4.05. The largest absolute Gasteiger partial charge is 0.481 e. The van der Waals surface area contributed by atoms with Gasteiger partial charge in [0.15, 0.2) is 0 Å². The Morgan fingerprint density at radius 1 is 1.38 bits per heavy atom. The molecule has 0 aliphatic rings. The summed E-state index contributed by atoms with van der Waals surface area (Å²) in [5.74, 6) is -0.410. The zero-order chi connectivity index (χ0) is 10.4. The van der Waals surface area contributed by atoms with Crippen LogP contribution >= 0.6 is 0 Å². The van der Waals surface area contributed by atoms with Crippen molar-refractivity contribution >= 4 is 5.97 Å². The standard InChI is InChI=1S/C9H19NO3/c1-6(2)3-7(4-8(10)11)5-9(12)13/h6-8,11H,3-5,10H2,1-2H3,(H,12,13). The third kappa shape index (κ3) is 7.74. The van der Waals surface area contributed by atoms with Gasteiger partial charge in [0.25, 0.3) is 0 Å². The fourth-order valence-corrected chi connectivity index (χ4v) is 1.52. The van der Waals surface area contributed by atoms with Crippen molar-refractivity contribution in [2.45, 2.75) is 39.3 Å². The first-order chi connectivity index (χ1) is 5.91. The molecule has 0 saturated carbocycles. The van der Waals surface area contributed by atoms with Gasteiger partial charge in [-0.15, -0.1) is 0 Å². The Balaban J connectivity index is 3.95. The number of rotatable bonds is 6. The van der Waals surface area contributed by atoms with Gasteiger partial charge in [0.1, 0.15) is 6.23 Å². The summed E-state index contributed by atoms with van der Waals surface area (Å²) in [5.41, 5.74) is 5.21. The monoisotopic (exact) mass is 189 g/mol. The van der Waals surface area contributed by atoms with Crippen molar-refractivity contribution in [3.8, 4) is 0 Å². The molecule has 0 aromatic rings. The second-order valence-electron chi connectivity index (χ2n) is 3.90. The fourth-order valence-electron chi connectivity index (χ4n) is 1.52. The van der Waals surface area contributed by atoms with Gasteiger partial charge in [-0.2, -0.15) is 0 Å². The summed E-state index contributed by atoms with van der Waals surface area (Å²) in [4.78, 5) is 10.5. The van der Waals surface area contributed by atoms with E-state index in [2.05, 4.69) is 0 Å². The fraction of sp³-hybridized carbons (Fsp3) is 0.889. The first kappa shape index (κ1) is 12.4. The van der Waals surface area contributed by atoms with Crippen molar-refractivity contribution in [2.24, 2.45) is 17.6 Å². The Labute approximate surface area is 78.7 Å². The van der Waals surface area contributed by atoms with Crippen LogP contribution in [0.2, 0.25) is 0 Å². The molecule has 0 radical (unpaired) electrons. The van der Waals surface area contributed by atoms with Crippen molar-refractivity contribution in [1.82, 2.24) is 0 Å². The number of nitrogens with two attached hydrogens (primary N) is 1. The Kier molecular flexibility index (Phi) is 5.66. The molecule has 0 aliphatic heterocycles. The molecule has 0 aromatic heterocycles. The molecule has 0 heterocycles. The molecule has 0 rings (SSSR count). The lowest BCUT2D eigenvalue weighted by atomic mass is 9.91. The average Bonchev–Trinajstić information content (AvgIpc) is 1.80. The van der Waals surface area contributed by atoms with E-state index >= 15 is 0 Å². The van der Waals surface area contributed by atoms with Crippen LogP contribution in [0.5, 0.6) is 0 Å². The van der Waals surface area contributed by atoms with Gasteiger partial charge >= 0.3 is 5.97 Å². The van der Waals surface area contributed by atoms with Gasteiger partial charge in [0, 0.05) is 6.42 Å². The lowest BCUT2D eigenvalue weighted by Gasteiger charge is -2.18. The molecule has 0 aliphatic carbocycles. The molecule has 0 spiro atoms. The van der Waals surface area contributed by atoms with Crippen molar-refractivity contribution in [3.05, 3.63) is 0 Å². The quantitative estimate of drug-likeness (QED) is 0.539. The van der Waals surface area contributed by atoms with Gasteiger partial charge in [-0.1, -0.05) is 13.8 Å². The minimum absolute atomic E-state index is 0.0162. The zero-order valence-electron chi connectivity index (χ0n) is 8.23. The van der Waals surface area contributed by atoms with E-state index in [1.165, 1.54) is 0 Å². The highest BCUT2D eigenvalue weighted by Crippen LogP contribution is 2.19. The van der Waals surface area contributed by atoms with E-state index in [0.29, 0.717) is 12.3 Å². The average molecular weight is 189 g/mol. The highest BCUT2D eigenvalue weighted by atomic mass is 16.4. The molecule has 0 bridgehead atoms. The molecular formula is C9H19NO3. The van der Waals surface area contributed by atoms with Gasteiger partial charge in [-0.05, 0) is 24.7 Å². The van der Waals surface area contributed by atoms with Gasteiger partial charge in [0.05, 0.1) is 0 Å². The predicted octanol–water partition coefficient (Wildman–Crippen LogP) is 0.791. The van der Waals surface area contributed by atoms with E-state index < -0.39 is 12.2 Å². The Hall–Kier alpha value is -0.610. The molecule has 0 aromatic carbocycles. The van der Waals surface area contributed by atoms with Crippen molar-refractivity contribution in [2.75, 3.05) is 0 Å². The zero-order valence-corrected chi connectivity index (χ0v) is 8.23. The number of carbonyl (C=O) groups is 1. The highest BCUT2D eigenvalue weighted by molar-refractivity contribution is 5.67. The third-order valence-electron chi connectivity index (χ3n) is 1.84. The van der Waals surface area contributed by atoms with Crippen molar-refractivity contribution in [1.29, 1.82) is 0 Å². The van der Waals surface area contributed by atoms with Gasteiger partial charge in [-0.25, -0.2) is 0 Å². The summed E-state index contributed by atoms with van der Waals surface area (Å²) in [7, 11) is 0. The Morgan fingerprint density at radius 2 is 1.92 bits per heavy atom. The van der Waals surface area contributed by atoms with E-state index in [0.717, 1.165) is 6.42 Å². The lowest BCUT2D eigenvalue weighted by molar-refractivity contribution is -0.138. The molecule has 4 nitrogen and oxygen atoms in total. The molecule has 78 valence electrons. The lowest BCUT2D eigenvalue weighted by Crippen LogP contribution is -2.24. The molecule has 0 saturated heterocycles. The molecule has 4 heteroatoms. The van der Waals surface area contributed by atoms with Gasteiger partial charge in [-0.3, -0.25) is 4.79 Å². The maximum atomic E-state index is 10.5. The van der Waals surface area contributed by atoms with Crippen LogP contribution in [0.25, 0.3) is 0 Å². The van der Waals surface area contributed by atoms with Gasteiger partial charge < -0.3 is 15.9 Å². The van der Waals surface area contributed by atoms with E-state index in [1.807, 2.05) is 13.8 Å². The number of aliphatic hydroxyl groups is 1.